The highest BCUT2D eigenvalue weighted by molar-refractivity contribution is 6.99. The highest BCUT2D eigenvalue weighted by Crippen LogP contribution is 2.48. The minimum atomic E-state index is -3.40. The van der Waals surface area contributed by atoms with Gasteiger partial charge in [0.15, 0.2) is 0 Å². The van der Waals surface area contributed by atoms with Gasteiger partial charge in [0, 0.05) is 65.2 Å². The van der Waals surface area contributed by atoms with Crippen LogP contribution in [-0.4, -0.2) is 62.3 Å². The van der Waals surface area contributed by atoms with Crippen LogP contribution in [0.5, 0.6) is 0 Å². The Balaban J connectivity index is 1.30. The topological polar surface area (TPSA) is 57.4 Å². The van der Waals surface area contributed by atoms with E-state index >= 15 is 17.6 Å². The van der Waals surface area contributed by atoms with Crippen LogP contribution < -0.4 is 15.7 Å². The van der Waals surface area contributed by atoms with Crippen molar-refractivity contribution < 1.29 is 35.6 Å². The zero-order chi connectivity index (χ0) is 40.0. The van der Waals surface area contributed by atoms with E-state index < -0.39 is 80.0 Å². The molecule has 0 bridgehead atoms. The van der Waals surface area contributed by atoms with Crippen molar-refractivity contribution in [3.63, 3.8) is 0 Å². The lowest BCUT2D eigenvalue weighted by Crippen LogP contribution is -2.67. The minimum absolute atomic E-state index is 0.0146. The number of nitrogens with one attached hydrogen (secondary N) is 2. The monoisotopic (exact) mass is 791 g/mol. The maximum atomic E-state index is 16.9. The normalized spacial score (nSPS) is 21.9. The van der Waals surface area contributed by atoms with Gasteiger partial charge < -0.3 is 14.2 Å². The molecule has 0 amide bonds. The van der Waals surface area contributed by atoms with Crippen molar-refractivity contribution in [3.8, 4) is 0 Å². The molecule has 2 unspecified atom stereocenters. The van der Waals surface area contributed by atoms with Crippen LogP contribution in [-0.2, 0) is 15.6 Å². The third kappa shape index (κ3) is 7.37. The zero-order valence-corrected chi connectivity index (χ0v) is 33.0. The van der Waals surface area contributed by atoms with E-state index in [0.29, 0.717) is 22.2 Å². The summed E-state index contributed by atoms with van der Waals surface area (Å²) in [5.74, 6) is -6.34. The number of H-pyrrole nitrogens is 1. The number of aromatic nitrogens is 1. The second-order valence-corrected chi connectivity index (χ2v) is 21.0. The molecule has 1 aromatic heterocycles. The molecule has 5 nitrogen and oxygen atoms in total. The fourth-order valence-electron chi connectivity index (χ4n) is 9.28. The zero-order valence-electron chi connectivity index (χ0n) is 32.0. The van der Waals surface area contributed by atoms with Crippen LogP contribution in [0.15, 0.2) is 91.0 Å². The van der Waals surface area contributed by atoms with Gasteiger partial charge >= 0.3 is 0 Å². The molecule has 2 aliphatic rings. The molecule has 4 atom stereocenters. The number of benzene rings is 4. The number of hydrogen-bond acceptors (Lipinski definition) is 4. The predicted molar refractivity (Wildman–Crippen MR) is 209 cm³/mol. The highest BCUT2D eigenvalue weighted by atomic mass is 28.4. The number of hydrogen-bond donors (Lipinski definition) is 2. The molecule has 0 saturated carbocycles. The molecule has 12 heteroatoms. The number of halogens is 6. The second kappa shape index (κ2) is 15.3. The Morgan fingerprint density at radius 1 is 0.929 bits per heavy atom. The Morgan fingerprint density at radius 3 is 2.20 bits per heavy atom. The van der Waals surface area contributed by atoms with E-state index in [9.17, 15) is 13.6 Å². The molecule has 1 fully saturated rings. The van der Waals surface area contributed by atoms with Gasteiger partial charge in [-0.1, -0.05) is 81.4 Å². The quantitative estimate of drug-likeness (QED) is 0.0713. The van der Waals surface area contributed by atoms with Crippen molar-refractivity contribution in [3.05, 3.63) is 131 Å². The summed E-state index contributed by atoms with van der Waals surface area (Å²) in [5, 5.41) is 5.10. The summed E-state index contributed by atoms with van der Waals surface area (Å²) in [6, 6.07) is 23.2. The molecule has 0 aliphatic carbocycles. The third-order valence-electron chi connectivity index (χ3n) is 11.5. The smallest absolute Gasteiger partial charge is 0.271 e. The van der Waals surface area contributed by atoms with Gasteiger partial charge in [0.2, 0.25) is 0 Å². The van der Waals surface area contributed by atoms with Crippen LogP contribution in [0.1, 0.15) is 75.0 Å². The van der Waals surface area contributed by atoms with Gasteiger partial charge in [0.1, 0.15) is 23.7 Å². The second-order valence-electron chi connectivity index (χ2n) is 16.7. The lowest BCUT2D eigenvalue weighted by Gasteiger charge is -2.48. The summed E-state index contributed by atoms with van der Waals surface area (Å²) in [6.45, 7) is 6.73. The minimum Gasteiger partial charge on any atom is -0.401 e. The third-order valence-corrected chi connectivity index (χ3v) is 16.5. The number of likely N-dealkylation sites (tertiary alicyclic amines) is 1. The molecule has 4 aromatic carbocycles. The highest BCUT2D eigenvalue weighted by Gasteiger charge is 2.53. The number of aldehydes is 1. The molecule has 296 valence electrons. The van der Waals surface area contributed by atoms with Crippen LogP contribution in [0, 0.1) is 23.4 Å². The fraction of sp³-hybridized carbons (Fsp3) is 0.386. The summed E-state index contributed by atoms with van der Waals surface area (Å²) in [4.78, 5) is 17.2. The van der Waals surface area contributed by atoms with E-state index in [1.807, 2.05) is 81.4 Å². The maximum absolute atomic E-state index is 16.9. The van der Waals surface area contributed by atoms with Crippen molar-refractivity contribution >= 4 is 35.9 Å². The summed E-state index contributed by atoms with van der Waals surface area (Å²) in [7, 11) is -3.34. The van der Waals surface area contributed by atoms with Crippen molar-refractivity contribution in [2.75, 3.05) is 26.4 Å². The largest absolute Gasteiger partial charge is 0.401 e. The lowest BCUT2D eigenvalue weighted by atomic mass is 9.76. The first-order chi connectivity index (χ1) is 26.6. The molecule has 56 heavy (non-hydrogen) atoms. The Hall–Kier alpha value is -4.23. The van der Waals surface area contributed by atoms with E-state index in [1.54, 1.807) is 17.9 Å². The number of fused-ring (bicyclic) bond motifs is 3. The van der Waals surface area contributed by atoms with E-state index in [0.717, 1.165) is 22.7 Å². The Morgan fingerprint density at radius 2 is 1.59 bits per heavy atom. The van der Waals surface area contributed by atoms with Crippen molar-refractivity contribution in [2.45, 2.75) is 75.5 Å². The average Bonchev–Trinajstić information content (AvgIpc) is 3.48. The Labute approximate surface area is 324 Å². The average molecular weight is 792 g/mol. The molecular formula is C44H47F6N3O2Si. The van der Waals surface area contributed by atoms with E-state index in [-0.39, 0.29) is 37.1 Å². The molecule has 2 N–H and O–H groups in total. The molecule has 7 rings (SSSR count). The maximum Gasteiger partial charge on any atom is 0.271 e. The SMILES string of the molecule is CC(C)(C)[Si](OCC(F)(F)C[C@]1(C)Cc2c([nH]c3cc(F)ccc23)[C@H](c2c(F)cc(F)cc2C2C(C=O)CN2CCCF)N1)(c1ccccc1)c1ccccc1. The number of rotatable bonds is 13. The summed E-state index contributed by atoms with van der Waals surface area (Å²) < 4.78 is 99.8. The van der Waals surface area contributed by atoms with Gasteiger partial charge in [0.25, 0.3) is 14.2 Å². The van der Waals surface area contributed by atoms with Gasteiger partial charge in [0.05, 0.1) is 19.3 Å². The molecular weight excluding hydrogens is 745 g/mol. The molecule has 3 heterocycles. The van der Waals surface area contributed by atoms with Crippen LogP contribution in [0.3, 0.4) is 0 Å². The van der Waals surface area contributed by atoms with Crippen LogP contribution in [0.25, 0.3) is 10.9 Å². The van der Waals surface area contributed by atoms with Gasteiger partial charge in [-0.15, -0.1) is 0 Å². The fourth-order valence-corrected chi connectivity index (χ4v) is 13.9. The first-order valence-corrected chi connectivity index (χ1v) is 21.0. The molecule has 0 spiro atoms. The number of alkyl halides is 3. The van der Waals surface area contributed by atoms with Crippen LogP contribution in [0.2, 0.25) is 5.04 Å². The Kier molecular flexibility index (Phi) is 10.9. The molecule has 2 aliphatic heterocycles. The van der Waals surface area contributed by atoms with Crippen molar-refractivity contribution in [1.82, 2.24) is 15.2 Å². The number of nitrogens with zero attached hydrogens (tertiary/aromatic N) is 1. The number of carbonyl (C=O) groups is 1. The first-order valence-electron chi connectivity index (χ1n) is 19.0. The van der Waals surface area contributed by atoms with Crippen LogP contribution in [0.4, 0.5) is 26.3 Å². The van der Waals surface area contributed by atoms with Gasteiger partial charge in [-0.25, -0.2) is 22.0 Å². The predicted octanol–water partition coefficient (Wildman–Crippen LogP) is 8.71. The first kappa shape index (κ1) is 40.0. The standard InChI is InChI=1S/C44H47F6N3O2Si/c1-42(2,3)56(31-12-7-5-8-13-31,32-14-9-6-10-15-32)55-27-44(49,50)26-43(4)23-35-33-17-16-29(46)22-37(33)51-39(35)40(52-43)38-34(20-30(47)21-36(38)48)41-28(25-54)24-53(41)19-11-18-45/h5-10,12-17,20-22,25,28,40-41,51-52H,11,18-19,23-24,26-27H2,1-4H3/t28?,40-,41?,43-/m0/s1. The van der Waals surface area contributed by atoms with Gasteiger partial charge in [-0.3, -0.25) is 14.6 Å². The Bertz CT molecular complexity index is 2150. The van der Waals surface area contributed by atoms with Gasteiger partial charge in [-0.2, -0.15) is 0 Å². The van der Waals surface area contributed by atoms with Crippen molar-refractivity contribution in [1.29, 1.82) is 0 Å². The van der Waals surface area contributed by atoms with E-state index in [4.69, 9.17) is 4.43 Å². The van der Waals surface area contributed by atoms with Crippen LogP contribution >= 0.6 is 0 Å². The number of carbonyl (C=O) groups excluding carboxylic acids is 1. The van der Waals surface area contributed by atoms with Gasteiger partial charge in [-0.05, 0) is 70.6 Å². The summed E-state index contributed by atoms with van der Waals surface area (Å²) in [5.41, 5.74) is 0.187. The summed E-state index contributed by atoms with van der Waals surface area (Å²) in [6.07, 6.45) is 0.243. The molecule has 1 saturated heterocycles. The van der Waals surface area contributed by atoms with Crippen molar-refractivity contribution in [2.24, 2.45) is 5.92 Å². The summed E-state index contributed by atoms with van der Waals surface area (Å²) >= 11 is 0. The number of aromatic amines is 1. The van der Waals surface area contributed by atoms with E-state index in [1.165, 1.54) is 18.2 Å². The molecule has 0 radical (unpaired) electrons. The lowest BCUT2D eigenvalue weighted by molar-refractivity contribution is -0.120. The molecule has 5 aromatic rings. The van der Waals surface area contributed by atoms with E-state index in [2.05, 4.69) is 10.3 Å².